The molecule has 3 heteroatoms. The van der Waals surface area contributed by atoms with Gasteiger partial charge in [-0.2, -0.15) is 0 Å². The van der Waals surface area contributed by atoms with Gasteiger partial charge in [-0.15, -0.1) is 0 Å². The van der Waals surface area contributed by atoms with Crippen LogP contribution < -0.4 is 4.74 Å². The van der Waals surface area contributed by atoms with Gasteiger partial charge < -0.3 is 9.47 Å². The minimum Gasteiger partial charge on any atom is -0.494 e. The van der Waals surface area contributed by atoms with Crippen molar-refractivity contribution < 1.29 is 9.47 Å². The molecule has 3 rings (SSSR count). The molecule has 122 valence electrons. The molecule has 1 fully saturated rings. The maximum atomic E-state index is 6.40. The lowest BCUT2D eigenvalue weighted by molar-refractivity contribution is 0.0149. The largest absolute Gasteiger partial charge is 0.494 e. The standard InChI is InChI=1S/C20H23ClO2/c1-2-22-18-9-6-15(7-10-18)13-17-14-16(8-11-19(17)21)20-5-3-4-12-23-20/h6-11,14,20H,2-5,12-13H2,1H3. The van der Waals surface area contributed by atoms with E-state index in [9.17, 15) is 0 Å². The molecule has 1 aliphatic rings. The normalized spacial score (nSPS) is 17.9. The minimum absolute atomic E-state index is 0.222. The summed E-state index contributed by atoms with van der Waals surface area (Å²) in [4.78, 5) is 0. The van der Waals surface area contributed by atoms with Gasteiger partial charge in [0.15, 0.2) is 0 Å². The number of halogens is 1. The van der Waals surface area contributed by atoms with Crippen LogP contribution in [0.3, 0.4) is 0 Å². The molecule has 0 N–H and O–H groups in total. The third-order valence-corrected chi connectivity index (χ3v) is 4.62. The summed E-state index contributed by atoms with van der Waals surface area (Å²) in [7, 11) is 0. The van der Waals surface area contributed by atoms with E-state index >= 15 is 0 Å². The van der Waals surface area contributed by atoms with Gasteiger partial charge in [0.05, 0.1) is 12.7 Å². The number of hydrogen-bond acceptors (Lipinski definition) is 2. The van der Waals surface area contributed by atoms with E-state index in [0.717, 1.165) is 35.8 Å². The van der Waals surface area contributed by atoms with Crippen LogP contribution in [-0.2, 0) is 11.2 Å². The SMILES string of the molecule is CCOc1ccc(Cc2cc(C3CCCCO3)ccc2Cl)cc1. The van der Waals surface area contributed by atoms with Gasteiger partial charge in [-0.05, 0) is 67.5 Å². The number of hydrogen-bond donors (Lipinski definition) is 0. The first kappa shape index (κ1) is 16.4. The maximum Gasteiger partial charge on any atom is 0.119 e. The first-order chi connectivity index (χ1) is 11.3. The third-order valence-electron chi connectivity index (χ3n) is 4.25. The lowest BCUT2D eigenvalue weighted by Crippen LogP contribution is -2.11. The van der Waals surface area contributed by atoms with Crippen LogP contribution >= 0.6 is 11.6 Å². The van der Waals surface area contributed by atoms with E-state index in [1.807, 2.05) is 25.1 Å². The average molecular weight is 331 g/mol. The zero-order valence-electron chi connectivity index (χ0n) is 13.6. The van der Waals surface area contributed by atoms with Gasteiger partial charge in [0.25, 0.3) is 0 Å². The number of ether oxygens (including phenoxy) is 2. The van der Waals surface area contributed by atoms with Crippen molar-refractivity contribution in [1.82, 2.24) is 0 Å². The number of rotatable bonds is 5. The Morgan fingerprint density at radius 1 is 1.13 bits per heavy atom. The third kappa shape index (κ3) is 4.27. The maximum absolute atomic E-state index is 6.40. The fraction of sp³-hybridized carbons (Fsp3) is 0.400. The van der Waals surface area contributed by atoms with Crippen molar-refractivity contribution >= 4 is 11.6 Å². The molecule has 1 heterocycles. The van der Waals surface area contributed by atoms with Crippen molar-refractivity contribution in [2.45, 2.75) is 38.7 Å². The zero-order valence-corrected chi connectivity index (χ0v) is 14.3. The summed E-state index contributed by atoms with van der Waals surface area (Å²) in [6.07, 6.45) is 4.56. The second-order valence-corrected chi connectivity index (χ2v) is 6.37. The molecular weight excluding hydrogens is 308 g/mol. The topological polar surface area (TPSA) is 18.5 Å². The molecule has 23 heavy (non-hydrogen) atoms. The van der Waals surface area contributed by atoms with Crippen LogP contribution in [0, 0.1) is 0 Å². The lowest BCUT2D eigenvalue weighted by Gasteiger charge is -2.23. The van der Waals surface area contributed by atoms with E-state index in [2.05, 4.69) is 24.3 Å². The Balaban J connectivity index is 1.75. The van der Waals surface area contributed by atoms with Gasteiger partial charge in [0.1, 0.15) is 5.75 Å². The van der Waals surface area contributed by atoms with Crippen molar-refractivity contribution in [2.24, 2.45) is 0 Å². The minimum atomic E-state index is 0.222. The molecule has 0 radical (unpaired) electrons. The summed E-state index contributed by atoms with van der Waals surface area (Å²) in [6, 6.07) is 14.5. The first-order valence-corrected chi connectivity index (χ1v) is 8.75. The van der Waals surface area contributed by atoms with Gasteiger partial charge in [0, 0.05) is 11.6 Å². The van der Waals surface area contributed by atoms with Crippen LogP contribution in [0.4, 0.5) is 0 Å². The molecule has 0 aromatic heterocycles. The van der Waals surface area contributed by atoms with Gasteiger partial charge >= 0.3 is 0 Å². The molecule has 0 spiro atoms. The molecule has 2 aromatic carbocycles. The molecule has 1 saturated heterocycles. The summed E-state index contributed by atoms with van der Waals surface area (Å²) < 4.78 is 11.4. The predicted molar refractivity (Wildman–Crippen MR) is 94.4 cm³/mol. The smallest absolute Gasteiger partial charge is 0.119 e. The monoisotopic (exact) mass is 330 g/mol. The Morgan fingerprint density at radius 2 is 1.96 bits per heavy atom. The van der Waals surface area contributed by atoms with E-state index < -0.39 is 0 Å². The summed E-state index contributed by atoms with van der Waals surface area (Å²) in [5.74, 6) is 0.909. The van der Waals surface area contributed by atoms with Gasteiger partial charge in [-0.1, -0.05) is 35.9 Å². The second-order valence-electron chi connectivity index (χ2n) is 5.96. The molecule has 1 unspecified atom stereocenters. The van der Waals surface area contributed by atoms with Crippen LogP contribution in [0.15, 0.2) is 42.5 Å². The van der Waals surface area contributed by atoms with Gasteiger partial charge in [0.2, 0.25) is 0 Å². The Bertz CT molecular complexity index is 631. The lowest BCUT2D eigenvalue weighted by atomic mass is 9.97. The van der Waals surface area contributed by atoms with Crippen molar-refractivity contribution in [3.05, 3.63) is 64.2 Å². The average Bonchev–Trinajstić information content (AvgIpc) is 2.59. The Labute approximate surface area is 143 Å². The molecule has 1 aliphatic heterocycles. The molecule has 1 atom stereocenters. The van der Waals surface area contributed by atoms with Crippen molar-refractivity contribution in [2.75, 3.05) is 13.2 Å². The van der Waals surface area contributed by atoms with Gasteiger partial charge in [-0.3, -0.25) is 0 Å². The summed E-state index contributed by atoms with van der Waals surface area (Å²) in [5.41, 5.74) is 3.63. The van der Waals surface area contributed by atoms with Gasteiger partial charge in [-0.25, -0.2) is 0 Å². The first-order valence-electron chi connectivity index (χ1n) is 8.38. The van der Waals surface area contributed by atoms with E-state index in [4.69, 9.17) is 21.1 Å². The van der Waals surface area contributed by atoms with E-state index in [1.165, 1.54) is 24.0 Å². The predicted octanol–water partition coefficient (Wildman–Crippen LogP) is 5.57. The van der Waals surface area contributed by atoms with Crippen LogP contribution in [0.1, 0.15) is 49.0 Å². The zero-order chi connectivity index (χ0) is 16.1. The molecule has 0 bridgehead atoms. The Hall–Kier alpha value is -1.51. The highest BCUT2D eigenvalue weighted by atomic mass is 35.5. The number of benzene rings is 2. The molecule has 2 aromatic rings. The van der Waals surface area contributed by atoms with Crippen molar-refractivity contribution in [3.63, 3.8) is 0 Å². The quantitative estimate of drug-likeness (QED) is 0.713. The van der Waals surface area contributed by atoms with E-state index in [1.54, 1.807) is 0 Å². The van der Waals surface area contributed by atoms with E-state index in [-0.39, 0.29) is 6.10 Å². The molecule has 0 saturated carbocycles. The summed E-state index contributed by atoms with van der Waals surface area (Å²) in [5, 5.41) is 0.818. The van der Waals surface area contributed by atoms with E-state index in [0.29, 0.717) is 6.61 Å². The highest BCUT2D eigenvalue weighted by Crippen LogP contribution is 2.31. The fourth-order valence-corrected chi connectivity index (χ4v) is 3.21. The second kappa shape index (κ2) is 7.85. The van der Waals surface area contributed by atoms with Crippen molar-refractivity contribution in [3.8, 4) is 5.75 Å². The van der Waals surface area contributed by atoms with Crippen LogP contribution in [-0.4, -0.2) is 13.2 Å². The molecule has 2 nitrogen and oxygen atoms in total. The van der Waals surface area contributed by atoms with Crippen LogP contribution in [0.5, 0.6) is 5.75 Å². The van der Waals surface area contributed by atoms with Crippen molar-refractivity contribution in [1.29, 1.82) is 0 Å². The Morgan fingerprint density at radius 3 is 2.65 bits per heavy atom. The highest BCUT2D eigenvalue weighted by Gasteiger charge is 2.17. The summed E-state index contributed by atoms with van der Waals surface area (Å²) in [6.45, 7) is 3.54. The molecule has 0 amide bonds. The molecule has 0 aliphatic carbocycles. The van der Waals surface area contributed by atoms with Crippen LogP contribution in [0.25, 0.3) is 0 Å². The van der Waals surface area contributed by atoms with Crippen LogP contribution in [0.2, 0.25) is 5.02 Å². The molecular formula is C20H23ClO2. The Kier molecular flexibility index (Phi) is 5.58. The highest BCUT2D eigenvalue weighted by molar-refractivity contribution is 6.31. The summed E-state index contributed by atoms with van der Waals surface area (Å²) >= 11 is 6.40. The fourth-order valence-electron chi connectivity index (χ4n) is 3.02.